The van der Waals surface area contributed by atoms with Crippen LogP contribution >= 0.6 is 0 Å². The van der Waals surface area contributed by atoms with Crippen molar-refractivity contribution in [2.75, 3.05) is 6.54 Å². The van der Waals surface area contributed by atoms with E-state index < -0.39 is 5.60 Å². The minimum absolute atomic E-state index is 0.237. The molecule has 4 rings (SSSR count). The second-order valence-electron chi connectivity index (χ2n) is 8.31. The topological polar surface area (TPSA) is 40.5 Å². The molecule has 2 bridgehead atoms. The van der Waals surface area contributed by atoms with E-state index in [1.54, 1.807) is 0 Å². The van der Waals surface area contributed by atoms with E-state index in [9.17, 15) is 9.90 Å². The Morgan fingerprint density at radius 2 is 1.56 bits per heavy atom. The Bertz CT molecular complexity index is 744. The number of Topliss-reactive ketones (excluding diaryl/α,β-unsaturated/α-hetero) is 1. The van der Waals surface area contributed by atoms with Crippen molar-refractivity contribution in [3.05, 3.63) is 71.8 Å². The third-order valence-electron chi connectivity index (χ3n) is 6.29. The largest absolute Gasteiger partial charge is 0.389 e. The normalized spacial score (nSPS) is 27.6. The number of carbonyl (C=O) groups excluding carboxylic acids is 1. The number of ketones is 1. The van der Waals surface area contributed by atoms with Gasteiger partial charge in [0.2, 0.25) is 0 Å². The molecule has 2 fully saturated rings. The highest BCUT2D eigenvalue weighted by Crippen LogP contribution is 2.42. The summed E-state index contributed by atoms with van der Waals surface area (Å²) in [5.74, 6) is 0.237. The van der Waals surface area contributed by atoms with Crippen molar-refractivity contribution in [1.82, 2.24) is 4.90 Å². The summed E-state index contributed by atoms with van der Waals surface area (Å²) in [6, 6.07) is 20.9. The van der Waals surface area contributed by atoms with E-state index in [1.807, 2.05) is 48.5 Å². The van der Waals surface area contributed by atoms with E-state index in [2.05, 4.69) is 17.0 Å². The molecule has 2 aliphatic rings. The predicted octanol–water partition coefficient (Wildman–Crippen LogP) is 4.25. The van der Waals surface area contributed by atoms with Crippen molar-refractivity contribution in [3.63, 3.8) is 0 Å². The first-order chi connectivity index (χ1) is 13.1. The molecule has 2 saturated heterocycles. The minimum atomic E-state index is -0.580. The standard InChI is InChI=1S/C24H29NO2/c26-23(20-10-5-2-6-11-20)12-7-15-25-21-13-14-22(25)18-24(27,17-21)16-19-8-3-1-4-9-19/h1-6,8-11,21-22,27H,7,12-18H2. The zero-order chi connectivity index (χ0) is 18.7. The fraction of sp³-hybridized carbons (Fsp3) is 0.458. The van der Waals surface area contributed by atoms with Crippen LogP contribution in [0.5, 0.6) is 0 Å². The van der Waals surface area contributed by atoms with Crippen LogP contribution in [0.2, 0.25) is 0 Å². The van der Waals surface area contributed by atoms with Crippen LogP contribution in [0.25, 0.3) is 0 Å². The number of hydrogen-bond acceptors (Lipinski definition) is 3. The number of fused-ring (bicyclic) bond motifs is 2. The van der Waals surface area contributed by atoms with Gasteiger partial charge in [-0.05, 0) is 44.2 Å². The molecule has 3 nitrogen and oxygen atoms in total. The first-order valence-corrected chi connectivity index (χ1v) is 10.2. The lowest BCUT2D eigenvalue weighted by atomic mass is 9.81. The van der Waals surface area contributed by atoms with Gasteiger partial charge in [-0.25, -0.2) is 0 Å². The van der Waals surface area contributed by atoms with Gasteiger partial charge in [-0.15, -0.1) is 0 Å². The number of nitrogens with zero attached hydrogens (tertiary/aromatic N) is 1. The third-order valence-corrected chi connectivity index (χ3v) is 6.29. The van der Waals surface area contributed by atoms with Gasteiger partial charge in [0.05, 0.1) is 5.60 Å². The molecule has 2 aliphatic heterocycles. The van der Waals surface area contributed by atoms with Crippen LogP contribution < -0.4 is 0 Å². The van der Waals surface area contributed by atoms with Crippen molar-refractivity contribution < 1.29 is 9.90 Å². The van der Waals surface area contributed by atoms with Gasteiger partial charge in [0.1, 0.15) is 0 Å². The fourth-order valence-electron chi connectivity index (χ4n) is 5.09. The molecule has 0 aliphatic carbocycles. The second kappa shape index (κ2) is 7.95. The van der Waals surface area contributed by atoms with Gasteiger partial charge in [-0.3, -0.25) is 9.69 Å². The average molecular weight is 364 g/mol. The quantitative estimate of drug-likeness (QED) is 0.748. The Morgan fingerprint density at radius 3 is 2.19 bits per heavy atom. The van der Waals surface area contributed by atoms with Gasteiger partial charge in [-0.1, -0.05) is 60.7 Å². The van der Waals surface area contributed by atoms with Crippen LogP contribution in [-0.4, -0.2) is 40.0 Å². The maximum absolute atomic E-state index is 12.3. The Labute approximate surface area is 162 Å². The van der Waals surface area contributed by atoms with Crippen molar-refractivity contribution >= 4 is 5.78 Å². The summed E-state index contributed by atoms with van der Waals surface area (Å²) < 4.78 is 0. The molecular weight excluding hydrogens is 334 g/mol. The van der Waals surface area contributed by atoms with Crippen LogP contribution in [0.3, 0.4) is 0 Å². The predicted molar refractivity (Wildman–Crippen MR) is 108 cm³/mol. The molecule has 142 valence electrons. The lowest BCUT2D eigenvalue weighted by Gasteiger charge is -2.44. The van der Waals surface area contributed by atoms with Crippen molar-refractivity contribution in [2.45, 2.75) is 62.6 Å². The number of hydrogen-bond donors (Lipinski definition) is 1. The van der Waals surface area contributed by atoms with E-state index in [4.69, 9.17) is 0 Å². The van der Waals surface area contributed by atoms with Crippen LogP contribution in [0, 0.1) is 0 Å². The van der Waals surface area contributed by atoms with Crippen molar-refractivity contribution in [3.8, 4) is 0 Å². The Morgan fingerprint density at radius 1 is 0.963 bits per heavy atom. The zero-order valence-electron chi connectivity index (χ0n) is 15.9. The van der Waals surface area contributed by atoms with Crippen molar-refractivity contribution in [1.29, 1.82) is 0 Å². The Kier molecular flexibility index (Phi) is 5.42. The molecule has 0 amide bonds. The van der Waals surface area contributed by atoms with Crippen molar-refractivity contribution in [2.24, 2.45) is 0 Å². The highest BCUT2D eigenvalue weighted by molar-refractivity contribution is 5.95. The molecule has 0 spiro atoms. The van der Waals surface area contributed by atoms with Crippen LogP contribution in [0.4, 0.5) is 0 Å². The van der Waals surface area contributed by atoms with Crippen LogP contribution in [-0.2, 0) is 6.42 Å². The molecule has 2 aromatic rings. The number of piperidine rings is 1. The van der Waals surface area contributed by atoms with Gasteiger partial charge in [0, 0.05) is 30.5 Å². The lowest BCUT2D eigenvalue weighted by molar-refractivity contribution is -0.0515. The molecule has 0 saturated carbocycles. The first-order valence-electron chi connectivity index (χ1n) is 10.2. The maximum Gasteiger partial charge on any atom is 0.162 e. The van der Waals surface area contributed by atoms with E-state index in [0.717, 1.165) is 37.8 Å². The number of carbonyl (C=O) groups is 1. The van der Waals surface area contributed by atoms with Gasteiger partial charge in [0.25, 0.3) is 0 Å². The smallest absolute Gasteiger partial charge is 0.162 e. The highest BCUT2D eigenvalue weighted by Gasteiger charge is 2.46. The zero-order valence-corrected chi connectivity index (χ0v) is 15.9. The highest BCUT2D eigenvalue weighted by atomic mass is 16.3. The van der Waals surface area contributed by atoms with Crippen LogP contribution in [0.1, 0.15) is 54.4 Å². The summed E-state index contributed by atoms with van der Waals surface area (Å²) in [6.45, 7) is 0.968. The van der Waals surface area contributed by atoms with Gasteiger partial charge in [0.15, 0.2) is 5.78 Å². The second-order valence-corrected chi connectivity index (χ2v) is 8.31. The summed E-state index contributed by atoms with van der Waals surface area (Å²) in [6.07, 6.45) is 6.31. The van der Waals surface area contributed by atoms with Gasteiger partial charge >= 0.3 is 0 Å². The Balaban J connectivity index is 1.31. The minimum Gasteiger partial charge on any atom is -0.389 e. The molecule has 27 heavy (non-hydrogen) atoms. The summed E-state index contributed by atoms with van der Waals surface area (Å²) >= 11 is 0. The number of rotatable bonds is 7. The summed E-state index contributed by atoms with van der Waals surface area (Å²) in [5.41, 5.74) is 1.46. The summed E-state index contributed by atoms with van der Waals surface area (Å²) in [5, 5.41) is 11.2. The molecule has 0 aromatic heterocycles. The molecule has 0 radical (unpaired) electrons. The van der Waals surface area contributed by atoms with E-state index in [1.165, 1.54) is 18.4 Å². The molecule has 1 N–H and O–H groups in total. The molecule has 2 heterocycles. The maximum atomic E-state index is 12.3. The SMILES string of the molecule is O=C(CCCN1C2CCC1CC(O)(Cc1ccccc1)C2)c1ccccc1. The van der Waals surface area contributed by atoms with E-state index >= 15 is 0 Å². The van der Waals surface area contributed by atoms with E-state index in [-0.39, 0.29) is 5.78 Å². The first kappa shape index (κ1) is 18.4. The fourth-order valence-corrected chi connectivity index (χ4v) is 5.09. The lowest BCUT2D eigenvalue weighted by Crippen LogP contribution is -2.52. The molecule has 2 aromatic carbocycles. The van der Waals surface area contributed by atoms with E-state index in [0.29, 0.717) is 18.5 Å². The number of benzene rings is 2. The molecule has 2 unspecified atom stereocenters. The summed E-state index contributed by atoms with van der Waals surface area (Å²) in [7, 11) is 0. The Hall–Kier alpha value is -1.97. The van der Waals surface area contributed by atoms with Gasteiger partial charge in [-0.2, -0.15) is 0 Å². The third kappa shape index (κ3) is 4.31. The molecule has 3 heteroatoms. The molecular formula is C24H29NO2. The number of aliphatic hydroxyl groups is 1. The molecule has 2 atom stereocenters. The average Bonchev–Trinajstić information content (AvgIpc) is 2.93. The van der Waals surface area contributed by atoms with Gasteiger partial charge < -0.3 is 5.11 Å². The van der Waals surface area contributed by atoms with Crippen LogP contribution in [0.15, 0.2) is 60.7 Å². The monoisotopic (exact) mass is 363 g/mol. The summed E-state index contributed by atoms with van der Waals surface area (Å²) in [4.78, 5) is 14.9.